The molecule has 1 fully saturated rings. The van der Waals surface area contributed by atoms with Gasteiger partial charge in [0.05, 0.1) is 0 Å². The van der Waals surface area contributed by atoms with Gasteiger partial charge in [0.15, 0.2) is 0 Å². The normalized spacial score (nSPS) is 24.4. The highest BCUT2D eigenvalue weighted by Gasteiger charge is 2.43. The molecule has 0 amide bonds. The molecule has 0 spiro atoms. The zero-order valence-electron chi connectivity index (χ0n) is 11.5. The Hall–Kier alpha value is -1.15. The molecule has 2 aliphatic rings. The molecule has 1 aromatic rings. The molecule has 0 bridgehead atoms. The Morgan fingerprint density at radius 2 is 2.05 bits per heavy atom. The number of carbonyl (C=O) groups excluding carboxylic acids is 1. The highest BCUT2D eigenvalue weighted by Crippen LogP contribution is 2.44. The van der Waals surface area contributed by atoms with Gasteiger partial charge < -0.3 is 5.73 Å². The van der Waals surface area contributed by atoms with Crippen LogP contribution in [0.5, 0.6) is 0 Å². The van der Waals surface area contributed by atoms with E-state index in [0.29, 0.717) is 24.7 Å². The molecule has 1 atom stereocenters. The monoisotopic (exact) mass is 257 g/mol. The Morgan fingerprint density at radius 1 is 1.26 bits per heavy atom. The van der Waals surface area contributed by atoms with Gasteiger partial charge in [-0.15, -0.1) is 0 Å². The molecule has 102 valence electrons. The lowest BCUT2D eigenvalue weighted by Gasteiger charge is -2.40. The van der Waals surface area contributed by atoms with Gasteiger partial charge in [-0.25, -0.2) is 0 Å². The molecule has 0 saturated heterocycles. The van der Waals surface area contributed by atoms with Gasteiger partial charge in [0.1, 0.15) is 5.78 Å². The van der Waals surface area contributed by atoms with Crippen molar-refractivity contribution in [2.45, 2.75) is 50.9 Å². The maximum Gasteiger partial charge on any atom is 0.140 e. The van der Waals surface area contributed by atoms with Crippen LogP contribution in [0.2, 0.25) is 0 Å². The molecule has 0 heterocycles. The fourth-order valence-corrected chi connectivity index (χ4v) is 3.71. The number of hydrogen-bond donors (Lipinski definition) is 1. The van der Waals surface area contributed by atoms with Crippen LogP contribution in [0.15, 0.2) is 24.3 Å². The molecule has 2 nitrogen and oxygen atoms in total. The van der Waals surface area contributed by atoms with E-state index < -0.39 is 0 Å². The van der Waals surface area contributed by atoms with Gasteiger partial charge in [-0.05, 0) is 49.1 Å². The minimum Gasteiger partial charge on any atom is -0.329 e. The van der Waals surface area contributed by atoms with E-state index in [0.717, 1.165) is 19.3 Å². The van der Waals surface area contributed by atoms with Crippen LogP contribution >= 0.6 is 0 Å². The van der Waals surface area contributed by atoms with Crippen LogP contribution in [-0.4, -0.2) is 12.3 Å². The van der Waals surface area contributed by atoms with Crippen LogP contribution < -0.4 is 5.73 Å². The first kappa shape index (κ1) is 12.9. The topological polar surface area (TPSA) is 43.1 Å². The number of nitrogens with two attached hydrogens (primary N) is 1. The van der Waals surface area contributed by atoms with Crippen LogP contribution in [0.3, 0.4) is 0 Å². The van der Waals surface area contributed by atoms with Crippen LogP contribution in [0.25, 0.3) is 0 Å². The second-order valence-electron chi connectivity index (χ2n) is 6.25. The van der Waals surface area contributed by atoms with Crippen LogP contribution in [-0.2, 0) is 11.2 Å². The molecular formula is C17H23NO. The number of rotatable bonds is 4. The van der Waals surface area contributed by atoms with Gasteiger partial charge in [-0.1, -0.05) is 30.7 Å². The highest BCUT2D eigenvalue weighted by atomic mass is 16.1. The molecular weight excluding hydrogens is 234 g/mol. The average Bonchev–Trinajstić information content (AvgIpc) is 2.38. The Bertz CT molecular complexity index is 470. The second-order valence-corrected chi connectivity index (χ2v) is 6.25. The minimum absolute atomic E-state index is 0.160. The standard InChI is InChI=1S/C17H23NO/c18-12-17(9-4-10-17)16(19)11-14-7-3-6-13-5-1-2-8-15(13)14/h1-2,5,8,14H,3-4,6-7,9-12,18H2. The molecule has 3 rings (SSSR count). The first-order valence-electron chi connectivity index (χ1n) is 7.56. The van der Waals surface area contributed by atoms with Crippen molar-refractivity contribution in [2.75, 3.05) is 6.54 Å². The third-order valence-corrected chi connectivity index (χ3v) is 5.22. The summed E-state index contributed by atoms with van der Waals surface area (Å²) >= 11 is 0. The Morgan fingerprint density at radius 3 is 2.74 bits per heavy atom. The predicted octanol–water partition coefficient (Wildman–Crippen LogP) is 3.19. The first-order chi connectivity index (χ1) is 9.25. The Balaban J connectivity index is 1.76. The number of aryl methyl sites for hydroxylation is 1. The van der Waals surface area contributed by atoms with Crippen molar-refractivity contribution in [3.63, 3.8) is 0 Å². The number of carbonyl (C=O) groups is 1. The van der Waals surface area contributed by atoms with Crippen molar-refractivity contribution in [3.05, 3.63) is 35.4 Å². The zero-order valence-corrected chi connectivity index (χ0v) is 11.5. The van der Waals surface area contributed by atoms with Crippen LogP contribution in [0.1, 0.15) is 55.6 Å². The molecule has 2 heteroatoms. The van der Waals surface area contributed by atoms with Crippen LogP contribution in [0, 0.1) is 5.41 Å². The van der Waals surface area contributed by atoms with Gasteiger partial charge in [-0.2, -0.15) is 0 Å². The SMILES string of the molecule is NCC1(C(=O)CC2CCCc3ccccc32)CCC1. The molecule has 0 aliphatic heterocycles. The number of hydrogen-bond acceptors (Lipinski definition) is 2. The van der Waals surface area contributed by atoms with Crippen molar-refractivity contribution in [1.82, 2.24) is 0 Å². The van der Waals surface area contributed by atoms with E-state index in [1.165, 1.54) is 30.4 Å². The maximum atomic E-state index is 12.6. The molecule has 19 heavy (non-hydrogen) atoms. The molecule has 0 radical (unpaired) electrons. The van der Waals surface area contributed by atoms with E-state index in [4.69, 9.17) is 5.73 Å². The molecule has 2 aliphatic carbocycles. The van der Waals surface area contributed by atoms with Crippen molar-refractivity contribution in [3.8, 4) is 0 Å². The summed E-state index contributed by atoms with van der Waals surface area (Å²) in [5, 5.41) is 0. The smallest absolute Gasteiger partial charge is 0.140 e. The quantitative estimate of drug-likeness (QED) is 0.900. The summed E-state index contributed by atoms with van der Waals surface area (Å²) in [4.78, 5) is 12.6. The summed E-state index contributed by atoms with van der Waals surface area (Å²) in [6, 6.07) is 8.64. The largest absolute Gasteiger partial charge is 0.329 e. The fourth-order valence-electron chi connectivity index (χ4n) is 3.71. The van der Waals surface area contributed by atoms with Crippen LogP contribution in [0.4, 0.5) is 0 Å². The lowest BCUT2D eigenvalue weighted by Crippen LogP contribution is -2.44. The van der Waals surface area contributed by atoms with Gasteiger partial charge in [0.2, 0.25) is 0 Å². The first-order valence-corrected chi connectivity index (χ1v) is 7.56. The van der Waals surface area contributed by atoms with Crippen molar-refractivity contribution < 1.29 is 4.79 Å². The third-order valence-electron chi connectivity index (χ3n) is 5.22. The van der Waals surface area contributed by atoms with Crippen molar-refractivity contribution in [2.24, 2.45) is 11.1 Å². The van der Waals surface area contributed by atoms with Gasteiger partial charge in [-0.3, -0.25) is 4.79 Å². The van der Waals surface area contributed by atoms with Gasteiger partial charge in [0.25, 0.3) is 0 Å². The molecule has 0 aromatic heterocycles. The summed E-state index contributed by atoms with van der Waals surface area (Å²) < 4.78 is 0. The van der Waals surface area contributed by atoms with E-state index in [-0.39, 0.29) is 5.41 Å². The fraction of sp³-hybridized carbons (Fsp3) is 0.588. The number of ketones is 1. The molecule has 2 N–H and O–H groups in total. The number of benzene rings is 1. The van der Waals surface area contributed by atoms with E-state index in [1.807, 2.05) is 0 Å². The van der Waals surface area contributed by atoms with Crippen molar-refractivity contribution >= 4 is 5.78 Å². The number of Topliss-reactive ketones (excluding diaryl/α,β-unsaturated/α-hetero) is 1. The zero-order chi connectivity index (χ0) is 13.3. The summed E-state index contributed by atoms with van der Waals surface area (Å²) in [6.07, 6.45) is 7.43. The molecule has 1 saturated carbocycles. The summed E-state index contributed by atoms with van der Waals surface area (Å²) in [6.45, 7) is 0.542. The highest BCUT2D eigenvalue weighted by molar-refractivity contribution is 5.86. The van der Waals surface area contributed by atoms with E-state index >= 15 is 0 Å². The summed E-state index contributed by atoms with van der Waals surface area (Å²) in [5.41, 5.74) is 8.55. The van der Waals surface area contributed by atoms with E-state index in [1.54, 1.807) is 0 Å². The summed E-state index contributed by atoms with van der Waals surface area (Å²) in [7, 11) is 0. The summed E-state index contributed by atoms with van der Waals surface area (Å²) in [5.74, 6) is 0.851. The number of fused-ring (bicyclic) bond motifs is 1. The third kappa shape index (κ3) is 2.23. The Kier molecular flexibility index (Phi) is 3.44. The second kappa shape index (κ2) is 5.09. The molecule has 1 aromatic carbocycles. The minimum atomic E-state index is -0.160. The lowest BCUT2D eigenvalue weighted by molar-refractivity contribution is -0.133. The maximum absolute atomic E-state index is 12.6. The predicted molar refractivity (Wildman–Crippen MR) is 77.1 cm³/mol. The van der Waals surface area contributed by atoms with Gasteiger partial charge in [0, 0.05) is 18.4 Å². The van der Waals surface area contributed by atoms with E-state index in [9.17, 15) is 4.79 Å². The van der Waals surface area contributed by atoms with E-state index in [2.05, 4.69) is 24.3 Å². The van der Waals surface area contributed by atoms with Crippen molar-refractivity contribution in [1.29, 1.82) is 0 Å². The molecule has 1 unspecified atom stereocenters. The van der Waals surface area contributed by atoms with Gasteiger partial charge >= 0.3 is 0 Å². The Labute approximate surface area is 115 Å². The lowest BCUT2D eigenvalue weighted by atomic mass is 9.63. The average molecular weight is 257 g/mol.